The number of ether oxygens (including phenoxy) is 1. The van der Waals surface area contributed by atoms with Crippen molar-refractivity contribution in [1.82, 2.24) is 0 Å². The lowest BCUT2D eigenvalue weighted by Crippen LogP contribution is -2.44. The number of hydrogen-bond donors (Lipinski definition) is 1. The van der Waals surface area contributed by atoms with Gasteiger partial charge in [-0.3, -0.25) is 9.59 Å². The molecule has 0 bridgehead atoms. The Balaban J connectivity index is 5.49. The van der Waals surface area contributed by atoms with Crippen molar-refractivity contribution in [1.29, 1.82) is 0 Å². The van der Waals surface area contributed by atoms with E-state index in [0.29, 0.717) is 6.42 Å². The van der Waals surface area contributed by atoms with Gasteiger partial charge in [-0.25, -0.2) is 0 Å². The maximum atomic E-state index is 11.8. The average Bonchev–Trinajstić information content (AvgIpc) is 2.24. The summed E-state index contributed by atoms with van der Waals surface area (Å²) in [5, 5.41) is 8.99. The van der Waals surface area contributed by atoms with Gasteiger partial charge in [0.25, 0.3) is 0 Å². The van der Waals surface area contributed by atoms with Crippen molar-refractivity contribution in [2.75, 3.05) is 27.7 Å². The molecule has 2 atom stereocenters. The summed E-state index contributed by atoms with van der Waals surface area (Å²) in [4.78, 5) is 22.9. The standard InChI is InChI=1S/C12H23NO4/c1-6-9(2)12(16)17-10(7-11(14)15)8-13(3,4)5/h9-10H,6-8H2,1-5H3/p+1/i7D2,10D. The molecule has 17 heavy (non-hydrogen) atoms. The number of carboxylic acids is 1. The highest BCUT2D eigenvalue weighted by Crippen LogP contribution is 2.10. The minimum atomic E-state index is -3.00. The quantitative estimate of drug-likeness (QED) is 0.542. The van der Waals surface area contributed by atoms with Gasteiger partial charge >= 0.3 is 11.9 Å². The van der Waals surface area contributed by atoms with Gasteiger partial charge in [0.2, 0.25) is 0 Å². The lowest BCUT2D eigenvalue weighted by molar-refractivity contribution is -0.873. The largest absolute Gasteiger partial charge is 0.481 e. The SMILES string of the molecule is [2H]C(C[N+](C)(C)C)(OC(=O)C(C)CC)C([2H])([2H])C(=O)O. The van der Waals surface area contributed by atoms with Crippen molar-refractivity contribution in [2.24, 2.45) is 5.92 Å². The molecule has 0 aliphatic rings. The van der Waals surface area contributed by atoms with Gasteiger partial charge in [0.1, 0.15) is 6.54 Å². The number of hydrogen-bond acceptors (Lipinski definition) is 3. The summed E-state index contributed by atoms with van der Waals surface area (Å²) in [5.74, 6) is -3.10. The second kappa shape index (κ2) is 6.59. The van der Waals surface area contributed by atoms with Crippen LogP contribution in [0.15, 0.2) is 0 Å². The third-order valence-electron chi connectivity index (χ3n) is 2.10. The summed E-state index contributed by atoms with van der Waals surface area (Å²) in [6.45, 7) is 3.06. The summed E-state index contributed by atoms with van der Waals surface area (Å²) in [5.41, 5.74) is 0. The first-order valence-corrected chi connectivity index (χ1v) is 5.53. The summed E-state index contributed by atoms with van der Waals surface area (Å²) in [6, 6.07) is 0. The van der Waals surface area contributed by atoms with Crippen LogP contribution in [0.25, 0.3) is 0 Å². The van der Waals surface area contributed by atoms with Gasteiger partial charge in [0.05, 0.1) is 34.8 Å². The van der Waals surface area contributed by atoms with Crippen molar-refractivity contribution in [3.63, 3.8) is 0 Å². The molecule has 0 heterocycles. The molecule has 0 aromatic rings. The van der Waals surface area contributed by atoms with Crippen LogP contribution in [0.3, 0.4) is 0 Å². The second-order valence-corrected chi connectivity index (χ2v) is 5.03. The number of aliphatic carboxylic acids is 1. The summed E-state index contributed by atoms with van der Waals surface area (Å²) >= 11 is 0. The van der Waals surface area contributed by atoms with Crippen LogP contribution in [0, 0.1) is 5.92 Å². The molecule has 0 aliphatic heterocycles. The number of nitrogens with zero attached hydrogens (tertiary/aromatic N) is 1. The third kappa shape index (κ3) is 7.74. The minimum absolute atomic E-state index is 0.0874. The molecule has 0 aliphatic carbocycles. The average molecular weight is 249 g/mol. The number of carbonyl (C=O) groups is 2. The van der Waals surface area contributed by atoms with Crippen LogP contribution in [-0.2, 0) is 14.3 Å². The Kier molecular flexibility index (Phi) is 4.27. The normalized spacial score (nSPS) is 20.4. The van der Waals surface area contributed by atoms with Crippen molar-refractivity contribution in [3.8, 4) is 0 Å². The van der Waals surface area contributed by atoms with Gasteiger partial charge in [0.15, 0.2) is 6.08 Å². The minimum Gasteiger partial charge on any atom is -0.481 e. The van der Waals surface area contributed by atoms with Crippen LogP contribution >= 0.6 is 0 Å². The predicted molar refractivity (Wildman–Crippen MR) is 64.5 cm³/mol. The van der Waals surface area contributed by atoms with E-state index in [1.54, 1.807) is 35.0 Å². The molecule has 0 aromatic carbocycles. The molecule has 1 N–H and O–H groups in total. The zero-order chi connectivity index (χ0) is 16.4. The van der Waals surface area contributed by atoms with Crippen molar-refractivity contribution >= 4 is 11.9 Å². The maximum Gasteiger partial charge on any atom is 0.309 e. The van der Waals surface area contributed by atoms with Gasteiger partial charge in [-0.15, -0.1) is 0 Å². The van der Waals surface area contributed by atoms with E-state index in [-0.39, 0.29) is 11.0 Å². The van der Waals surface area contributed by atoms with Crippen LogP contribution in [-0.4, -0.2) is 55.3 Å². The molecule has 0 spiro atoms. The van der Waals surface area contributed by atoms with E-state index in [9.17, 15) is 9.59 Å². The molecule has 2 unspecified atom stereocenters. The van der Waals surface area contributed by atoms with Crippen molar-refractivity contribution < 1.29 is 28.0 Å². The van der Waals surface area contributed by atoms with Gasteiger partial charge < -0.3 is 14.3 Å². The van der Waals surface area contributed by atoms with Crippen LogP contribution in [0.5, 0.6) is 0 Å². The summed E-state index contributed by atoms with van der Waals surface area (Å²) in [6.07, 6.45) is -5.02. The van der Waals surface area contributed by atoms with E-state index in [4.69, 9.17) is 14.0 Å². The van der Waals surface area contributed by atoms with Crippen LogP contribution < -0.4 is 0 Å². The zero-order valence-electron chi connectivity index (χ0n) is 14.1. The Morgan fingerprint density at radius 1 is 1.47 bits per heavy atom. The van der Waals surface area contributed by atoms with E-state index in [1.165, 1.54) is 0 Å². The Labute approximate surface area is 107 Å². The molecule has 0 saturated carbocycles. The molecule has 0 aromatic heterocycles. The Morgan fingerprint density at radius 2 is 2.00 bits per heavy atom. The molecule has 0 rings (SSSR count). The summed E-state index contributed by atoms with van der Waals surface area (Å²) < 4.78 is 28.3. The number of quaternary nitrogens is 1. The molecule has 0 fully saturated rings. The lowest BCUT2D eigenvalue weighted by atomic mass is 10.1. The number of carboxylic acid groups (broad SMARTS) is 1. The van der Waals surface area contributed by atoms with Crippen LogP contribution in [0.2, 0.25) is 0 Å². The van der Waals surface area contributed by atoms with E-state index >= 15 is 0 Å². The Bertz CT molecular complexity index is 381. The molecule has 5 heteroatoms. The molecular weight excluding hydrogens is 222 g/mol. The highest BCUT2D eigenvalue weighted by molar-refractivity contribution is 5.73. The van der Waals surface area contributed by atoms with Gasteiger partial charge in [-0.05, 0) is 6.42 Å². The highest BCUT2D eigenvalue weighted by Gasteiger charge is 2.26. The second-order valence-electron chi connectivity index (χ2n) is 5.03. The van der Waals surface area contributed by atoms with Gasteiger partial charge in [-0.2, -0.15) is 0 Å². The first-order valence-electron chi connectivity index (χ1n) is 7.03. The monoisotopic (exact) mass is 249 g/mol. The fraction of sp³-hybridized carbons (Fsp3) is 0.833. The number of carbonyl (C=O) groups excluding carboxylic acids is 1. The van der Waals surface area contributed by atoms with Crippen LogP contribution in [0.1, 0.15) is 30.8 Å². The predicted octanol–water partition coefficient (Wildman–Crippen LogP) is 1.13. The first kappa shape index (κ1) is 11.0. The van der Waals surface area contributed by atoms with Crippen molar-refractivity contribution in [2.45, 2.75) is 32.7 Å². The van der Waals surface area contributed by atoms with E-state index < -0.39 is 30.3 Å². The third-order valence-corrected chi connectivity index (χ3v) is 2.10. The van der Waals surface area contributed by atoms with E-state index in [0.717, 1.165) is 0 Å². The number of esters is 1. The topological polar surface area (TPSA) is 63.6 Å². The van der Waals surface area contributed by atoms with E-state index in [2.05, 4.69) is 0 Å². The maximum absolute atomic E-state index is 11.8. The van der Waals surface area contributed by atoms with E-state index in [1.807, 2.05) is 0 Å². The smallest absolute Gasteiger partial charge is 0.309 e. The zero-order valence-corrected chi connectivity index (χ0v) is 11.1. The fourth-order valence-electron chi connectivity index (χ4n) is 1.04. The fourth-order valence-corrected chi connectivity index (χ4v) is 1.04. The van der Waals surface area contributed by atoms with Crippen LogP contribution in [0.4, 0.5) is 0 Å². The molecule has 5 nitrogen and oxygen atoms in total. The van der Waals surface area contributed by atoms with Crippen molar-refractivity contribution in [3.05, 3.63) is 0 Å². The molecule has 0 radical (unpaired) electrons. The molecule has 100 valence electrons. The highest BCUT2D eigenvalue weighted by atomic mass is 16.5. The molecule has 0 saturated heterocycles. The summed E-state index contributed by atoms with van der Waals surface area (Å²) in [7, 11) is 4.99. The molecule has 0 amide bonds. The number of rotatable bonds is 7. The Morgan fingerprint density at radius 3 is 2.35 bits per heavy atom. The lowest BCUT2D eigenvalue weighted by Gasteiger charge is -2.28. The first-order chi connectivity index (χ1) is 8.77. The Hall–Kier alpha value is -1.10. The number of likely N-dealkylation sites (N-methyl/N-ethyl adjacent to an activating group) is 1. The van der Waals surface area contributed by atoms with Gasteiger partial charge in [-0.1, -0.05) is 13.8 Å². The van der Waals surface area contributed by atoms with Gasteiger partial charge in [0, 0.05) is 2.74 Å². The molecular formula is C12H24NO4+.